The van der Waals surface area contributed by atoms with Crippen LogP contribution >= 0.6 is 0 Å². The zero-order chi connectivity index (χ0) is 17.7. The van der Waals surface area contributed by atoms with Crippen molar-refractivity contribution in [2.45, 2.75) is 32.1 Å². The van der Waals surface area contributed by atoms with Crippen molar-refractivity contribution in [3.8, 4) is 5.75 Å². The van der Waals surface area contributed by atoms with E-state index in [1.54, 1.807) is 13.8 Å². The smallest absolute Gasteiger partial charge is 0.419 e. The molecule has 0 unspecified atom stereocenters. The predicted octanol–water partition coefficient (Wildman–Crippen LogP) is 2.44. The number of benzene rings is 1. The van der Waals surface area contributed by atoms with E-state index in [2.05, 4.69) is 15.4 Å². The third-order valence-electron chi connectivity index (χ3n) is 3.28. The summed E-state index contributed by atoms with van der Waals surface area (Å²) in [5, 5.41) is 6.53. The van der Waals surface area contributed by atoms with Gasteiger partial charge in [0.1, 0.15) is 31.1 Å². The Labute approximate surface area is 136 Å². The van der Waals surface area contributed by atoms with Crippen molar-refractivity contribution in [2.24, 2.45) is 0 Å². The second-order valence-corrected chi connectivity index (χ2v) is 5.27. The molecule has 0 aliphatic rings. The lowest BCUT2D eigenvalue weighted by Gasteiger charge is -2.19. The van der Waals surface area contributed by atoms with E-state index >= 15 is 0 Å². The molecule has 2 aromatic rings. The normalized spacial score (nSPS) is 14.0. The molecule has 0 spiro atoms. The van der Waals surface area contributed by atoms with E-state index in [4.69, 9.17) is 4.74 Å². The average molecular weight is 342 g/mol. The Balaban J connectivity index is 1.92. The molecule has 0 radical (unpaired) electrons. The minimum absolute atomic E-state index is 0.0943. The number of amides is 1. The van der Waals surface area contributed by atoms with Crippen LogP contribution in [0, 0.1) is 0 Å². The second-order valence-electron chi connectivity index (χ2n) is 5.27. The van der Waals surface area contributed by atoms with Crippen molar-refractivity contribution in [1.82, 2.24) is 20.1 Å². The first kappa shape index (κ1) is 17.8. The largest absolute Gasteiger partial charge is 0.491 e. The molecule has 1 N–H and O–H groups in total. The first-order valence-corrected chi connectivity index (χ1v) is 7.22. The SMILES string of the molecule is C[C@H](COc1ccccc1C(F)(F)F)NC(=O)[C@H](C)n1cncn1. The van der Waals surface area contributed by atoms with Crippen LogP contribution in [0.2, 0.25) is 0 Å². The Morgan fingerprint density at radius 3 is 2.67 bits per heavy atom. The molecule has 2 atom stereocenters. The molecule has 6 nitrogen and oxygen atoms in total. The number of carbonyl (C=O) groups excluding carboxylic acids is 1. The number of para-hydroxylation sites is 1. The highest BCUT2D eigenvalue weighted by molar-refractivity contribution is 5.79. The van der Waals surface area contributed by atoms with Gasteiger partial charge in [-0.15, -0.1) is 0 Å². The standard InChI is InChI=1S/C15H17F3N4O2/c1-10(21-14(23)11(2)22-9-19-8-20-22)7-24-13-6-4-3-5-12(13)15(16,17)18/h3-6,8-11H,7H2,1-2H3,(H,21,23)/t10-,11+/m1/s1. The summed E-state index contributed by atoms with van der Waals surface area (Å²) in [6.45, 7) is 3.18. The maximum absolute atomic E-state index is 12.9. The van der Waals surface area contributed by atoms with Gasteiger partial charge in [0.15, 0.2) is 0 Å². The fraction of sp³-hybridized carbons (Fsp3) is 0.400. The van der Waals surface area contributed by atoms with Gasteiger partial charge in [-0.05, 0) is 26.0 Å². The highest BCUT2D eigenvalue weighted by atomic mass is 19.4. The van der Waals surface area contributed by atoms with Crippen LogP contribution in [0.1, 0.15) is 25.5 Å². The summed E-state index contributed by atoms with van der Waals surface area (Å²) in [5.41, 5.74) is -0.848. The van der Waals surface area contributed by atoms with Gasteiger partial charge in [0.05, 0.1) is 11.6 Å². The van der Waals surface area contributed by atoms with Crippen LogP contribution in [-0.4, -0.2) is 33.3 Å². The minimum Gasteiger partial charge on any atom is -0.491 e. The van der Waals surface area contributed by atoms with E-state index < -0.39 is 23.8 Å². The number of carbonyl (C=O) groups is 1. The number of alkyl halides is 3. The zero-order valence-corrected chi connectivity index (χ0v) is 13.1. The van der Waals surface area contributed by atoms with Crippen molar-refractivity contribution in [1.29, 1.82) is 0 Å². The van der Waals surface area contributed by atoms with Crippen LogP contribution in [0.5, 0.6) is 5.75 Å². The first-order chi connectivity index (χ1) is 11.3. The van der Waals surface area contributed by atoms with E-state index in [0.717, 1.165) is 6.07 Å². The fourth-order valence-electron chi connectivity index (χ4n) is 1.98. The molecule has 1 amide bonds. The summed E-state index contributed by atoms with van der Waals surface area (Å²) in [4.78, 5) is 15.8. The number of hydrogen-bond acceptors (Lipinski definition) is 4. The van der Waals surface area contributed by atoms with Crippen molar-refractivity contribution in [3.05, 3.63) is 42.5 Å². The number of rotatable bonds is 6. The highest BCUT2D eigenvalue weighted by Gasteiger charge is 2.34. The Morgan fingerprint density at radius 1 is 1.33 bits per heavy atom. The van der Waals surface area contributed by atoms with Gasteiger partial charge in [-0.1, -0.05) is 12.1 Å². The van der Waals surface area contributed by atoms with Gasteiger partial charge in [0, 0.05) is 0 Å². The molecule has 0 saturated carbocycles. The lowest BCUT2D eigenvalue weighted by atomic mass is 10.2. The van der Waals surface area contributed by atoms with Gasteiger partial charge >= 0.3 is 6.18 Å². The van der Waals surface area contributed by atoms with Crippen LogP contribution in [0.15, 0.2) is 36.9 Å². The second kappa shape index (κ2) is 7.33. The first-order valence-electron chi connectivity index (χ1n) is 7.22. The van der Waals surface area contributed by atoms with Crippen molar-refractivity contribution >= 4 is 5.91 Å². The zero-order valence-electron chi connectivity index (χ0n) is 13.1. The molecule has 0 fully saturated rings. The molecule has 0 bridgehead atoms. The molecule has 24 heavy (non-hydrogen) atoms. The lowest BCUT2D eigenvalue weighted by molar-refractivity contribution is -0.139. The molecule has 1 aromatic heterocycles. The maximum atomic E-state index is 12.9. The molecular weight excluding hydrogens is 325 g/mol. The van der Waals surface area contributed by atoms with Crippen LogP contribution < -0.4 is 10.1 Å². The molecule has 1 heterocycles. The van der Waals surface area contributed by atoms with Gasteiger partial charge in [-0.3, -0.25) is 4.79 Å². The number of nitrogens with one attached hydrogen (secondary N) is 1. The summed E-state index contributed by atoms with van der Waals surface area (Å²) in [6.07, 6.45) is -1.78. The predicted molar refractivity (Wildman–Crippen MR) is 79.3 cm³/mol. The van der Waals surface area contributed by atoms with Crippen molar-refractivity contribution < 1.29 is 22.7 Å². The number of nitrogens with zero attached hydrogens (tertiary/aromatic N) is 3. The van der Waals surface area contributed by atoms with Gasteiger partial charge in [-0.2, -0.15) is 18.3 Å². The van der Waals surface area contributed by atoms with Gasteiger partial charge in [0.25, 0.3) is 0 Å². The Morgan fingerprint density at radius 2 is 2.04 bits per heavy atom. The van der Waals surface area contributed by atoms with E-state index in [1.807, 2.05) is 0 Å². The van der Waals surface area contributed by atoms with Crippen LogP contribution in [0.25, 0.3) is 0 Å². The van der Waals surface area contributed by atoms with Gasteiger partial charge in [0.2, 0.25) is 5.91 Å². The summed E-state index contributed by atoms with van der Waals surface area (Å²) in [7, 11) is 0. The summed E-state index contributed by atoms with van der Waals surface area (Å²) < 4.78 is 45.2. The monoisotopic (exact) mass is 342 g/mol. The Bertz CT molecular complexity index is 674. The van der Waals surface area contributed by atoms with Crippen molar-refractivity contribution in [2.75, 3.05) is 6.61 Å². The quantitative estimate of drug-likeness (QED) is 0.875. The van der Waals surface area contributed by atoms with E-state index in [-0.39, 0.29) is 18.3 Å². The Hall–Kier alpha value is -2.58. The van der Waals surface area contributed by atoms with Gasteiger partial charge < -0.3 is 10.1 Å². The molecule has 0 saturated heterocycles. The van der Waals surface area contributed by atoms with Crippen LogP contribution in [0.3, 0.4) is 0 Å². The molecule has 0 aliphatic heterocycles. The van der Waals surface area contributed by atoms with E-state index in [9.17, 15) is 18.0 Å². The molecule has 0 aliphatic carbocycles. The number of hydrogen-bond donors (Lipinski definition) is 1. The molecule has 9 heteroatoms. The Kier molecular flexibility index (Phi) is 5.42. The molecule has 1 aromatic carbocycles. The average Bonchev–Trinajstić information content (AvgIpc) is 3.06. The van der Waals surface area contributed by atoms with Gasteiger partial charge in [-0.25, -0.2) is 9.67 Å². The summed E-state index contributed by atoms with van der Waals surface area (Å²) >= 11 is 0. The minimum atomic E-state index is -4.50. The molecule has 130 valence electrons. The van der Waals surface area contributed by atoms with Crippen LogP contribution in [-0.2, 0) is 11.0 Å². The van der Waals surface area contributed by atoms with E-state index in [0.29, 0.717) is 0 Å². The molecular formula is C15H17F3N4O2. The van der Waals surface area contributed by atoms with Crippen molar-refractivity contribution in [3.63, 3.8) is 0 Å². The number of aromatic nitrogens is 3. The lowest BCUT2D eigenvalue weighted by Crippen LogP contribution is -2.40. The highest BCUT2D eigenvalue weighted by Crippen LogP contribution is 2.35. The number of ether oxygens (including phenoxy) is 1. The summed E-state index contributed by atoms with van der Waals surface area (Å²) in [6, 6.07) is 3.88. The number of halogens is 3. The van der Waals surface area contributed by atoms with E-state index in [1.165, 1.54) is 35.5 Å². The van der Waals surface area contributed by atoms with Crippen LogP contribution in [0.4, 0.5) is 13.2 Å². The topological polar surface area (TPSA) is 69.0 Å². The third-order valence-corrected chi connectivity index (χ3v) is 3.28. The molecule has 2 rings (SSSR count). The maximum Gasteiger partial charge on any atom is 0.419 e. The fourth-order valence-corrected chi connectivity index (χ4v) is 1.98. The summed E-state index contributed by atoms with van der Waals surface area (Å²) in [5.74, 6) is -0.601. The third kappa shape index (κ3) is 4.46.